The van der Waals surface area contributed by atoms with Gasteiger partial charge in [-0.05, 0) is 0 Å². The average Bonchev–Trinajstić information content (AvgIpc) is 3.16. The van der Waals surface area contributed by atoms with Crippen molar-refractivity contribution in [1.82, 2.24) is 0 Å². The Morgan fingerprint density at radius 3 is 1.74 bits per heavy atom. The average molecular weight is 604 g/mol. The molecule has 0 aromatic heterocycles. The van der Waals surface area contributed by atoms with Gasteiger partial charge in [-0.2, -0.15) is 0 Å². The van der Waals surface area contributed by atoms with Crippen LogP contribution >= 0.6 is 0 Å². The van der Waals surface area contributed by atoms with Crippen LogP contribution in [0.1, 0.15) is 72.1 Å². The van der Waals surface area contributed by atoms with Crippen molar-refractivity contribution in [1.29, 1.82) is 0 Å². The fourth-order valence-corrected chi connectivity index (χ4v) is 21.8. The number of esters is 2. The summed E-state index contributed by atoms with van der Waals surface area (Å²) < 4.78 is 22.4. The van der Waals surface area contributed by atoms with E-state index in [2.05, 4.69) is 52.6 Å². The molecular weight excluding hydrogens is 551 g/mol. The monoisotopic (exact) mass is 604 g/mol. The third kappa shape index (κ3) is 9.27. The first-order valence-corrected chi connectivity index (χ1v) is 25.0. The summed E-state index contributed by atoms with van der Waals surface area (Å²) in [6, 6.07) is 0. The van der Waals surface area contributed by atoms with Crippen LogP contribution in [0.4, 0.5) is 0 Å². The molecule has 0 spiro atoms. The van der Waals surface area contributed by atoms with Crippen molar-refractivity contribution in [3.63, 3.8) is 0 Å². The zero-order valence-corrected chi connectivity index (χ0v) is 27.2. The van der Waals surface area contributed by atoms with E-state index in [1.54, 1.807) is 0 Å². The standard InChI is InChI=1S/C15H25O5Si.3C4H9.Sn/c1-7-8-11-9-15(13(16)18-2,14(17)19-3)10-12(11)20-21(4,5)6;3*1-3-4-2;/h7-8,11-12H,1,9-10H2,2-6H3;3*1,3-4H2,2H3;/b8-7+;;;;/t11-,12+;;;;/m0..../s1. The fraction of sp³-hybridized carbons (Fsp3) is 0.852. The molecular formula is C27H52O5SiSn. The normalized spacial score (nSPS) is 20.6. The predicted molar refractivity (Wildman–Crippen MR) is 146 cm³/mol. The molecule has 5 nitrogen and oxygen atoms in total. The maximum atomic E-state index is 12.8. The van der Waals surface area contributed by atoms with Gasteiger partial charge >= 0.3 is 215 Å². The fourth-order valence-electron chi connectivity index (χ4n) is 5.52. The molecule has 1 aliphatic rings. The van der Waals surface area contributed by atoms with E-state index < -0.39 is 44.0 Å². The van der Waals surface area contributed by atoms with Crippen LogP contribution < -0.4 is 0 Å². The van der Waals surface area contributed by atoms with Gasteiger partial charge in [-0.25, -0.2) is 0 Å². The number of hydrogen-bond donors (Lipinski definition) is 0. The summed E-state index contributed by atoms with van der Waals surface area (Å²) in [5, 5.41) is 0. The Hall–Kier alpha value is -0.344. The van der Waals surface area contributed by atoms with E-state index in [9.17, 15) is 9.59 Å². The molecule has 0 aliphatic heterocycles. The van der Waals surface area contributed by atoms with Gasteiger partial charge in [0, 0.05) is 0 Å². The number of carbonyl (C=O) groups excluding carboxylic acids is 2. The van der Waals surface area contributed by atoms with Gasteiger partial charge in [0.05, 0.1) is 0 Å². The summed E-state index contributed by atoms with van der Waals surface area (Å²) in [5.74, 6) is -0.971. The van der Waals surface area contributed by atoms with Gasteiger partial charge in [0.25, 0.3) is 0 Å². The summed E-state index contributed by atoms with van der Waals surface area (Å²) >= 11 is -2.28. The number of carbonyl (C=O) groups is 2. The molecule has 198 valence electrons. The van der Waals surface area contributed by atoms with Gasteiger partial charge in [0.15, 0.2) is 0 Å². The maximum absolute atomic E-state index is 12.8. The van der Waals surface area contributed by atoms with E-state index in [4.69, 9.17) is 13.9 Å². The van der Waals surface area contributed by atoms with Gasteiger partial charge in [-0.1, -0.05) is 0 Å². The van der Waals surface area contributed by atoms with E-state index in [0.29, 0.717) is 12.8 Å². The summed E-state index contributed by atoms with van der Waals surface area (Å²) in [6.07, 6.45) is 13.2. The second-order valence-electron chi connectivity index (χ2n) is 11.3. The Labute approximate surface area is 214 Å². The van der Waals surface area contributed by atoms with Crippen molar-refractivity contribution in [3.8, 4) is 0 Å². The van der Waals surface area contributed by atoms with Gasteiger partial charge in [-0.15, -0.1) is 0 Å². The summed E-state index contributed by atoms with van der Waals surface area (Å²) in [6.45, 7) is 13.4. The molecule has 0 aromatic carbocycles. The first-order valence-electron chi connectivity index (χ1n) is 13.5. The molecule has 0 bridgehead atoms. The molecule has 34 heavy (non-hydrogen) atoms. The van der Waals surface area contributed by atoms with Crippen LogP contribution in [-0.2, 0) is 23.5 Å². The second-order valence-corrected chi connectivity index (χ2v) is 29.8. The van der Waals surface area contributed by atoms with Crippen molar-refractivity contribution in [2.45, 2.75) is 116 Å². The zero-order valence-electron chi connectivity index (χ0n) is 23.3. The molecule has 2 atom stereocenters. The van der Waals surface area contributed by atoms with Gasteiger partial charge < -0.3 is 0 Å². The van der Waals surface area contributed by atoms with Crippen LogP contribution in [0.2, 0.25) is 37.4 Å². The molecule has 0 amide bonds. The Kier molecular flexibility index (Phi) is 14.0. The molecule has 1 aliphatic carbocycles. The molecule has 0 radical (unpaired) electrons. The Balaban J connectivity index is 3.22. The SMILES string of the molecule is CCC[CH2][Sn]([CH2]/C=C/[C@H]1CC(C(=O)OC)(C(=O)OC)C[C@H]1O[Si](C)(C)C)([CH2]CCC)[CH2]CCC. The second kappa shape index (κ2) is 15.0. The topological polar surface area (TPSA) is 61.8 Å². The first-order chi connectivity index (χ1) is 16.0. The van der Waals surface area contributed by atoms with Crippen molar-refractivity contribution < 1.29 is 23.5 Å². The van der Waals surface area contributed by atoms with Gasteiger partial charge in [0.2, 0.25) is 0 Å². The predicted octanol–water partition coefficient (Wildman–Crippen LogP) is 7.35. The summed E-state index contributed by atoms with van der Waals surface area (Å²) in [5.41, 5.74) is -1.27. The molecule has 1 rings (SSSR count). The van der Waals surface area contributed by atoms with E-state index in [1.165, 1.54) is 70.5 Å². The molecule has 0 aromatic rings. The van der Waals surface area contributed by atoms with Crippen molar-refractivity contribution in [2.24, 2.45) is 11.3 Å². The van der Waals surface area contributed by atoms with Gasteiger partial charge in [0.1, 0.15) is 0 Å². The van der Waals surface area contributed by atoms with Crippen molar-refractivity contribution in [2.75, 3.05) is 14.2 Å². The van der Waals surface area contributed by atoms with Gasteiger partial charge in [-0.3, -0.25) is 0 Å². The number of unbranched alkanes of at least 4 members (excludes halogenated alkanes) is 3. The van der Waals surface area contributed by atoms with Crippen LogP contribution in [-0.4, -0.2) is 59.0 Å². The van der Waals surface area contributed by atoms with E-state index in [1.807, 2.05) is 0 Å². The summed E-state index contributed by atoms with van der Waals surface area (Å²) in [7, 11) is 0.829. The Morgan fingerprint density at radius 2 is 1.35 bits per heavy atom. The quantitative estimate of drug-likeness (QED) is 0.0799. The van der Waals surface area contributed by atoms with Crippen molar-refractivity contribution >= 4 is 38.6 Å². The van der Waals surface area contributed by atoms with Crippen LogP contribution in [0, 0.1) is 11.3 Å². The number of allylic oxidation sites excluding steroid dienone is 1. The van der Waals surface area contributed by atoms with Crippen molar-refractivity contribution in [3.05, 3.63) is 12.2 Å². The molecule has 7 heteroatoms. The van der Waals surface area contributed by atoms with Crippen LogP contribution in [0.25, 0.3) is 0 Å². The van der Waals surface area contributed by atoms with Crippen LogP contribution in [0.15, 0.2) is 12.2 Å². The van der Waals surface area contributed by atoms with E-state index >= 15 is 0 Å². The zero-order chi connectivity index (χ0) is 25.8. The third-order valence-corrected chi connectivity index (χ3v) is 23.6. The number of ether oxygens (including phenoxy) is 2. The van der Waals surface area contributed by atoms with E-state index in [0.717, 1.165) is 0 Å². The molecule has 1 saturated carbocycles. The first kappa shape index (κ1) is 31.7. The molecule has 0 saturated heterocycles. The Morgan fingerprint density at radius 1 is 0.882 bits per heavy atom. The van der Waals surface area contributed by atoms with E-state index in [-0.39, 0.29) is 12.0 Å². The Bertz CT molecular complexity index is 620. The number of rotatable bonds is 16. The molecule has 0 heterocycles. The minimum absolute atomic E-state index is 0.0254. The molecule has 1 fully saturated rings. The number of hydrogen-bond acceptors (Lipinski definition) is 5. The molecule has 0 unspecified atom stereocenters. The minimum atomic E-state index is -2.28. The third-order valence-electron chi connectivity index (χ3n) is 7.38. The molecule has 0 N–H and O–H groups in total. The van der Waals surface area contributed by atoms with Crippen LogP contribution in [0.3, 0.4) is 0 Å². The van der Waals surface area contributed by atoms with Crippen LogP contribution in [0.5, 0.6) is 0 Å². The summed E-state index contributed by atoms with van der Waals surface area (Å²) in [4.78, 5) is 25.6. The number of methoxy groups -OCH3 is 2.